The lowest BCUT2D eigenvalue weighted by molar-refractivity contribution is 0.409. The number of rotatable bonds is 10. The van der Waals surface area contributed by atoms with Gasteiger partial charge in [0.2, 0.25) is 10.0 Å². The van der Waals surface area contributed by atoms with Gasteiger partial charge in [-0.25, -0.2) is 17.7 Å². The predicted octanol–water partition coefficient (Wildman–Crippen LogP) is 1.73. The number of hydrogen-bond donors (Lipinski definition) is 2. The number of ether oxygens (including phenoxy) is 1. The summed E-state index contributed by atoms with van der Waals surface area (Å²) in [5.74, 6) is 1.66. The fourth-order valence-corrected chi connectivity index (χ4v) is 3.20. The van der Waals surface area contributed by atoms with E-state index in [2.05, 4.69) is 15.6 Å². The minimum Gasteiger partial charge on any atom is -0.496 e. The lowest BCUT2D eigenvalue weighted by atomic mass is 10.1. The van der Waals surface area contributed by atoms with E-state index in [9.17, 15) is 8.42 Å². The topological polar surface area (TPSA) is 83.0 Å². The summed E-state index contributed by atoms with van der Waals surface area (Å²) in [5.41, 5.74) is 2.16. The molecule has 0 bridgehead atoms. The molecule has 0 aliphatic heterocycles. The third kappa shape index (κ3) is 7.21. The number of sulfonamides is 1. The predicted molar refractivity (Wildman–Crippen MR) is 107 cm³/mol. The molecule has 0 saturated carbocycles. The highest BCUT2D eigenvalue weighted by atomic mass is 32.2. The van der Waals surface area contributed by atoms with E-state index in [-0.39, 0.29) is 5.75 Å². The van der Waals surface area contributed by atoms with Gasteiger partial charge in [0, 0.05) is 32.2 Å². The summed E-state index contributed by atoms with van der Waals surface area (Å²) in [6.07, 6.45) is 0.702. The molecule has 0 spiro atoms. The highest BCUT2D eigenvalue weighted by Gasteiger charge is 2.14. The van der Waals surface area contributed by atoms with Crippen molar-refractivity contribution in [3.63, 3.8) is 0 Å². The number of nitrogens with one attached hydrogen (secondary N) is 2. The van der Waals surface area contributed by atoms with Crippen molar-refractivity contribution in [2.75, 3.05) is 39.5 Å². The van der Waals surface area contributed by atoms with Crippen molar-refractivity contribution in [3.8, 4) is 5.75 Å². The zero-order chi connectivity index (χ0) is 19.6. The fourth-order valence-electron chi connectivity index (χ4n) is 2.36. The molecule has 8 heteroatoms. The van der Waals surface area contributed by atoms with Gasteiger partial charge in [0.05, 0.1) is 19.4 Å². The first-order valence-corrected chi connectivity index (χ1v) is 10.5. The maximum Gasteiger partial charge on any atom is 0.213 e. The van der Waals surface area contributed by atoms with E-state index in [0.29, 0.717) is 32.0 Å². The van der Waals surface area contributed by atoms with Crippen LogP contribution in [0.5, 0.6) is 5.75 Å². The fraction of sp³-hybridized carbons (Fsp3) is 0.611. The highest BCUT2D eigenvalue weighted by molar-refractivity contribution is 7.89. The van der Waals surface area contributed by atoms with Crippen LogP contribution >= 0.6 is 0 Å². The van der Waals surface area contributed by atoms with Crippen molar-refractivity contribution in [2.45, 2.75) is 33.7 Å². The summed E-state index contributed by atoms with van der Waals surface area (Å²) in [4.78, 5) is 4.59. The Hall–Kier alpha value is -1.80. The molecule has 7 nitrogen and oxygen atoms in total. The summed E-state index contributed by atoms with van der Waals surface area (Å²) in [6.45, 7) is 8.06. The van der Waals surface area contributed by atoms with Crippen molar-refractivity contribution in [1.29, 1.82) is 0 Å². The molecule has 0 heterocycles. The summed E-state index contributed by atoms with van der Waals surface area (Å²) in [6, 6.07) is 6.05. The van der Waals surface area contributed by atoms with Gasteiger partial charge in [-0.3, -0.25) is 0 Å². The van der Waals surface area contributed by atoms with E-state index >= 15 is 0 Å². The van der Waals surface area contributed by atoms with Gasteiger partial charge in [0.1, 0.15) is 5.75 Å². The van der Waals surface area contributed by atoms with Crippen LogP contribution in [-0.4, -0.2) is 58.2 Å². The van der Waals surface area contributed by atoms with Crippen LogP contribution in [0.3, 0.4) is 0 Å². The van der Waals surface area contributed by atoms with Gasteiger partial charge >= 0.3 is 0 Å². The molecule has 0 unspecified atom stereocenters. The third-order valence-corrected chi connectivity index (χ3v) is 5.84. The van der Waals surface area contributed by atoms with E-state index in [0.717, 1.165) is 23.4 Å². The molecule has 2 N–H and O–H groups in total. The molecule has 1 aromatic carbocycles. The standard InChI is InChI=1S/C18H32N4O3S/c1-6-19-18(20-11-8-12-22(4)26(23,24)7-2)21-14-16-10-9-15(3)13-17(16)25-5/h9-10,13H,6-8,11-12,14H2,1-5H3,(H2,19,20,21). The highest BCUT2D eigenvalue weighted by Crippen LogP contribution is 2.20. The van der Waals surface area contributed by atoms with Crippen LogP contribution in [-0.2, 0) is 16.6 Å². The van der Waals surface area contributed by atoms with Crippen molar-refractivity contribution in [1.82, 2.24) is 14.9 Å². The number of guanidine groups is 1. The Labute approximate surface area is 157 Å². The Kier molecular flexibility index (Phi) is 9.43. The lowest BCUT2D eigenvalue weighted by Crippen LogP contribution is -2.39. The Morgan fingerprint density at radius 3 is 2.62 bits per heavy atom. The van der Waals surface area contributed by atoms with Crippen molar-refractivity contribution in [2.24, 2.45) is 4.99 Å². The average molecular weight is 385 g/mol. The summed E-state index contributed by atoms with van der Waals surface area (Å²) in [5, 5.41) is 6.44. The lowest BCUT2D eigenvalue weighted by Gasteiger charge is -2.17. The smallest absolute Gasteiger partial charge is 0.213 e. The van der Waals surface area contributed by atoms with E-state index in [4.69, 9.17) is 4.74 Å². The minimum atomic E-state index is -3.12. The molecule has 0 aliphatic rings. The molecule has 1 rings (SSSR count). The number of benzene rings is 1. The summed E-state index contributed by atoms with van der Waals surface area (Å²) in [7, 11) is 0.151. The zero-order valence-corrected chi connectivity index (χ0v) is 17.3. The SMILES string of the molecule is CCNC(=NCc1ccc(C)cc1OC)NCCCN(C)S(=O)(=O)CC. The molecule has 0 radical (unpaired) electrons. The first-order chi connectivity index (χ1) is 12.3. The van der Waals surface area contributed by atoms with Crippen LogP contribution in [0.2, 0.25) is 0 Å². The molecule has 0 aromatic heterocycles. The van der Waals surface area contributed by atoms with Gasteiger partial charge < -0.3 is 15.4 Å². The second kappa shape index (κ2) is 11.0. The minimum absolute atomic E-state index is 0.124. The van der Waals surface area contributed by atoms with Gasteiger partial charge in [0.15, 0.2) is 5.96 Å². The number of hydrogen-bond acceptors (Lipinski definition) is 4. The zero-order valence-electron chi connectivity index (χ0n) is 16.5. The maximum absolute atomic E-state index is 11.7. The third-order valence-electron chi connectivity index (χ3n) is 3.98. The first kappa shape index (κ1) is 22.2. The molecule has 26 heavy (non-hydrogen) atoms. The van der Waals surface area contributed by atoms with Crippen molar-refractivity contribution < 1.29 is 13.2 Å². The van der Waals surface area contributed by atoms with Gasteiger partial charge in [0.25, 0.3) is 0 Å². The van der Waals surface area contributed by atoms with Crippen molar-refractivity contribution >= 4 is 16.0 Å². The van der Waals surface area contributed by atoms with Gasteiger partial charge in [-0.15, -0.1) is 0 Å². The monoisotopic (exact) mass is 384 g/mol. The Morgan fingerprint density at radius 2 is 2.00 bits per heavy atom. The van der Waals surface area contributed by atoms with E-state index in [1.807, 2.05) is 32.0 Å². The second-order valence-corrected chi connectivity index (χ2v) is 8.38. The largest absolute Gasteiger partial charge is 0.496 e. The number of aliphatic imine (C=N–C) groups is 1. The Bertz CT molecular complexity index is 690. The summed E-state index contributed by atoms with van der Waals surface area (Å²) < 4.78 is 30.3. The Morgan fingerprint density at radius 1 is 1.27 bits per heavy atom. The molecule has 148 valence electrons. The molecule has 0 amide bonds. The van der Waals surface area contributed by atoms with Crippen LogP contribution < -0.4 is 15.4 Å². The normalized spacial score (nSPS) is 12.3. The van der Waals surface area contributed by atoms with Crippen LogP contribution in [0, 0.1) is 6.92 Å². The van der Waals surface area contributed by atoms with Crippen LogP contribution in [0.25, 0.3) is 0 Å². The number of aryl methyl sites for hydroxylation is 1. The number of methoxy groups -OCH3 is 1. The van der Waals surface area contributed by atoms with Crippen LogP contribution in [0.1, 0.15) is 31.4 Å². The maximum atomic E-state index is 11.7. The average Bonchev–Trinajstić information content (AvgIpc) is 2.63. The Balaban J connectivity index is 2.59. The summed E-state index contributed by atoms with van der Waals surface area (Å²) >= 11 is 0. The van der Waals surface area contributed by atoms with Crippen LogP contribution in [0.4, 0.5) is 0 Å². The van der Waals surface area contributed by atoms with Crippen LogP contribution in [0.15, 0.2) is 23.2 Å². The van der Waals surface area contributed by atoms with Crippen molar-refractivity contribution in [3.05, 3.63) is 29.3 Å². The molecule has 0 fully saturated rings. The molecule has 0 aliphatic carbocycles. The molecule has 0 saturated heterocycles. The van der Waals surface area contributed by atoms with Gasteiger partial charge in [-0.05, 0) is 38.8 Å². The first-order valence-electron chi connectivity index (χ1n) is 8.93. The molecular weight excluding hydrogens is 352 g/mol. The second-order valence-electron chi connectivity index (χ2n) is 6.01. The molecule has 1 aromatic rings. The van der Waals surface area contributed by atoms with Gasteiger partial charge in [-0.1, -0.05) is 12.1 Å². The van der Waals surface area contributed by atoms with E-state index < -0.39 is 10.0 Å². The van der Waals surface area contributed by atoms with E-state index in [1.165, 1.54) is 4.31 Å². The van der Waals surface area contributed by atoms with E-state index in [1.54, 1.807) is 21.1 Å². The quantitative estimate of drug-likeness (QED) is 0.365. The molecule has 0 atom stereocenters. The molecular formula is C18H32N4O3S. The number of nitrogens with zero attached hydrogens (tertiary/aromatic N) is 2. The van der Waals surface area contributed by atoms with Gasteiger partial charge in [-0.2, -0.15) is 0 Å².